The van der Waals surface area contributed by atoms with E-state index >= 15 is 0 Å². The van der Waals surface area contributed by atoms with Gasteiger partial charge in [-0.15, -0.1) is 0 Å². The molecule has 28 heavy (non-hydrogen) atoms. The Hall–Kier alpha value is -2.71. The van der Waals surface area contributed by atoms with Crippen LogP contribution in [-0.2, 0) is 19.6 Å². The lowest BCUT2D eigenvalue weighted by atomic mass is 10.0. The molecular weight excluding hydrogens is 380 g/mol. The van der Waals surface area contributed by atoms with Crippen LogP contribution >= 0.6 is 0 Å². The van der Waals surface area contributed by atoms with E-state index in [0.29, 0.717) is 22.4 Å². The van der Waals surface area contributed by atoms with E-state index in [9.17, 15) is 18.0 Å². The van der Waals surface area contributed by atoms with Crippen molar-refractivity contribution in [2.24, 2.45) is 0 Å². The first kappa shape index (κ1) is 21.6. The zero-order chi connectivity index (χ0) is 20.9. The summed E-state index contributed by atoms with van der Waals surface area (Å²) in [7, 11) is -2.27. The highest BCUT2D eigenvalue weighted by Gasteiger charge is 2.31. The van der Waals surface area contributed by atoms with Crippen LogP contribution in [0.5, 0.6) is 0 Å². The van der Waals surface area contributed by atoms with Gasteiger partial charge >= 0.3 is 5.97 Å². The van der Waals surface area contributed by atoms with Crippen molar-refractivity contribution in [3.05, 3.63) is 65.2 Å². The molecule has 0 saturated carbocycles. The molecule has 0 aliphatic heterocycles. The molecule has 0 saturated heterocycles. The molecule has 0 bridgehead atoms. The largest absolute Gasteiger partial charge is 0.462 e. The average molecular weight is 404 g/mol. The zero-order valence-corrected chi connectivity index (χ0v) is 17.1. The quantitative estimate of drug-likeness (QED) is 0.717. The number of rotatable bonds is 7. The lowest BCUT2D eigenvalue weighted by Gasteiger charge is -2.26. The van der Waals surface area contributed by atoms with Crippen LogP contribution in [0.25, 0.3) is 0 Å². The van der Waals surface area contributed by atoms with Gasteiger partial charge in [0.15, 0.2) is 0 Å². The van der Waals surface area contributed by atoms with Gasteiger partial charge in [-0.2, -0.15) is 4.31 Å². The van der Waals surface area contributed by atoms with E-state index in [0.717, 1.165) is 10.6 Å². The first-order valence-corrected chi connectivity index (χ1v) is 10.6. The summed E-state index contributed by atoms with van der Waals surface area (Å²) < 4.78 is 30.2. The summed E-state index contributed by atoms with van der Waals surface area (Å²) in [6.07, 6.45) is 1.04. The molecule has 2 aromatic carbocycles. The van der Waals surface area contributed by atoms with E-state index in [-0.39, 0.29) is 6.61 Å². The zero-order valence-electron chi connectivity index (χ0n) is 16.3. The molecule has 150 valence electrons. The SMILES string of the molecule is CCOC(=O)c1cccc(NC(=O)[C@H](c2ccccc2)N(C)S(C)(=O)=O)c1C. The van der Waals surface area contributed by atoms with Crippen molar-refractivity contribution >= 4 is 27.6 Å². The van der Waals surface area contributed by atoms with Crippen molar-refractivity contribution in [1.82, 2.24) is 4.31 Å². The highest BCUT2D eigenvalue weighted by atomic mass is 32.2. The van der Waals surface area contributed by atoms with E-state index in [1.54, 1.807) is 62.4 Å². The van der Waals surface area contributed by atoms with E-state index in [2.05, 4.69) is 5.32 Å². The van der Waals surface area contributed by atoms with Gasteiger partial charge in [0.2, 0.25) is 15.9 Å². The predicted molar refractivity (Wildman–Crippen MR) is 108 cm³/mol. The van der Waals surface area contributed by atoms with Crippen molar-refractivity contribution in [2.75, 3.05) is 25.2 Å². The molecule has 0 fully saturated rings. The number of nitrogens with zero attached hydrogens (tertiary/aromatic N) is 1. The molecule has 0 aliphatic rings. The van der Waals surface area contributed by atoms with Gasteiger partial charge in [0.25, 0.3) is 0 Å². The molecule has 1 atom stereocenters. The van der Waals surface area contributed by atoms with E-state index in [1.165, 1.54) is 7.05 Å². The van der Waals surface area contributed by atoms with Crippen molar-refractivity contribution in [3.63, 3.8) is 0 Å². The molecule has 0 heterocycles. The number of anilines is 1. The Kier molecular flexibility index (Phi) is 6.93. The fourth-order valence-corrected chi connectivity index (χ4v) is 3.36. The van der Waals surface area contributed by atoms with Crippen LogP contribution in [0.2, 0.25) is 0 Å². The molecule has 8 heteroatoms. The summed E-state index contributed by atoms with van der Waals surface area (Å²) in [4.78, 5) is 25.1. The third-order valence-electron chi connectivity index (χ3n) is 4.34. The average Bonchev–Trinajstić information content (AvgIpc) is 2.64. The first-order valence-electron chi connectivity index (χ1n) is 8.72. The van der Waals surface area contributed by atoms with Gasteiger partial charge in [0.1, 0.15) is 6.04 Å². The standard InChI is InChI=1S/C20H24N2O5S/c1-5-27-20(24)16-12-9-13-17(14(16)2)21-19(23)18(22(3)28(4,25)26)15-10-7-6-8-11-15/h6-13,18H,5H2,1-4H3,(H,21,23)/t18-/m0/s1. The monoisotopic (exact) mass is 404 g/mol. The second-order valence-corrected chi connectivity index (χ2v) is 8.32. The van der Waals surface area contributed by atoms with Crippen LogP contribution in [0.4, 0.5) is 5.69 Å². The molecule has 0 radical (unpaired) electrons. The van der Waals surface area contributed by atoms with E-state index in [4.69, 9.17) is 4.74 Å². The van der Waals surface area contributed by atoms with Crippen LogP contribution in [0, 0.1) is 6.92 Å². The molecule has 1 N–H and O–H groups in total. The van der Waals surface area contributed by atoms with E-state index < -0.39 is 27.9 Å². The predicted octanol–water partition coefficient (Wildman–Crippen LogP) is 2.74. The highest BCUT2D eigenvalue weighted by Crippen LogP contribution is 2.26. The van der Waals surface area contributed by atoms with Crippen LogP contribution in [0.3, 0.4) is 0 Å². The van der Waals surface area contributed by atoms with Gasteiger partial charge in [-0.25, -0.2) is 13.2 Å². The number of benzene rings is 2. The van der Waals surface area contributed by atoms with Crippen molar-refractivity contribution in [1.29, 1.82) is 0 Å². The summed E-state index contributed by atoms with van der Waals surface area (Å²) in [5, 5.41) is 2.75. The summed E-state index contributed by atoms with van der Waals surface area (Å²) in [5.41, 5.74) is 1.83. The van der Waals surface area contributed by atoms with Gasteiger partial charge in [0.05, 0.1) is 18.4 Å². The van der Waals surface area contributed by atoms with Gasteiger partial charge in [-0.05, 0) is 37.1 Å². The minimum Gasteiger partial charge on any atom is -0.462 e. The Balaban J connectivity index is 2.39. The number of nitrogens with one attached hydrogen (secondary N) is 1. The Morgan fingerprint density at radius 3 is 2.32 bits per heavy atom. The number of hydrogen-bond donors (Lipinski definition) is 1. The maximum Gasteiger partial charge on any atom is 0.338 e. The van der Waals surface area contributed by atoms with Crippen LogP contribution in [0.1, 0.15) is 34.5 Å². The van der Waals surface area contributed by atoms with Crippen LogP contribution in [0.15, 0.2) is 48.5 Å². The number of likely N-dealkylation sites (N-methyl/N-ethyl adjacent to an activating group) is 1. The highest BCUT2D eigenvalue weighted by molar-refractivity contribution is 7.88. The van der Waals surface area contributed by atoms with Gasteiger partial charge in [0, 0.05) is 12.7 Å². The molecular formula is C20H24N2O5S. The minimum atomic E-state index is -3.63. The molecule has 7 nitrogen and oxygen atoms in total. The van der Waals surface area contributed by atoms with Crippen molar-refractivity contribution in [2.45, 2.75) is 19.9 Å². The molecule has 1 amide bonds. The Morgan fingerprint density at radius 2 is 1.75 bits per heavy atom. The second-order valence-electron chi connectivity index (χ2n) is 6.28. The molecule has 0 unspecified atom stereocenters. The number of esters is 1. The summed E-state index contributed by atoms with van der Waals surface area (Å²) in [5.74, 6) is -1.01. The lowest BCUT2D eigenvalue weighted by Crippen LogP contribution is -2.38. The Labute approximate surface area is 165 Å². The fraction of sp³-hybridized carbons (Fsp3) is 0.300. The number of sulfonamides is 1. The summed E-state index contributed by atoms with van der Waals surface area (Å²) in [6.45, 7) is 3.65. The third kappa shape index (κ3) is 4.96. The maximum atomic E-state index is 13.0. The van der Waals surface area contributed by atoms with Gasteiger partial charge in [-0.1, -0.05) is 36.4 Å². The molecule has 0 spiro atoms. The number of ether oxygens (including phenoxy) is 1. The summed E-state index contributed by atoms with van der Waals surface area (Å²) in [6, 6.07) is 12.5. The fourth-order valence-electron chi connectivity index (χ4n) is 2.76. The van der Waals surface area contributed by atoms with Crippen LogP contribution in [-0.4, -0.2) is 44.5 Å². The molecule has 0 aliphatic carbocycles. The Bertz CT molecular complexity index is 958. The second kappa shape index (κ2) is 8.99. The molecule has 2 rings (SSSR count). The normalized spacial score (nSPS) is 12.5. The molecule has 2 aromatic rings. The minimum absolute atomic E-state index is 0.240. The lowest BCUT2D eigenvalue weighted by molar-refractivity contribution is -0.119. The van der Waals surface area contributed by atoms with Gasteiger partial charge < -0.3 is 10.1 Å². The number of hydrogen-bond acceptors (Lipinski definition) is 5. The van der Waals surface area contributed by atoms with Crippen LogP contribution < -0.4 is 5.32 Å². The summed E-state index contributed by atoms with van der Waals surface area (Å²) >= 11 is 0. The van der Waals surface area contributed by atoms with E-state index in [1.807, 2.05) is 0 Å². The van der Waals surface area contributed by atoms with Crippen molar-refractivity contribution < 1.29 is 22.7 Å². The van der Waals surface area contributed by atoms with Gasteiger partial charge in [-0.3, -0.25) is 4.79 Å². The number of carbonyl (C=O) groups is 2. The smallest absolute Gasteiger partial charge is 0.338 e. The maximum absolute atomic E-state index is 13.0. The first-order chi connectivity index (χ1) is 13.2. The topological polar surface area (TPSA) is 92.8 Å². The molecule has 0 aromatic heterocycles. The number of amides is 1. The number of carbonyl (C=O) groups excluding carboxylic acids is 2. The van der Waals surface area contributed by atoms with Crippen molar-refractivity contribution in [3.8, 4) is 0 Å². The Morgan fingerprint density at radius 1 is 1.11 bits per heavy atom. The third-order valence-corrected chi connectivity index (χ3v) is 5.59.